The molecule has 1 heterocycles. The highest BCUT2D eigenvalue weighted by molar-refractivity contribution is 7.98. The zero-order valence-electron chi connectivity index (χ0n) is 10.2. The van der Waals surface area contributed by atoms with E-state index in [1.807, 2.05) is 24.3 Å². The number of nitrogens with zero attached hydrogens (tertiary/aromatic N) is 1. The molecular weight excluding hydrogens is 260 g/mol. The third-order valence-electron chi connectivity index (χ3n) is 2.48. The van der Waals surface area contributed by atoms with Crippen molar-refractivity contribution in [2.45, 2.75) is 10.6 Å². The second-order valence-corrected chi connectivity index (χ2v) is 4.93. The monoisotopic (exact) mass is 274 g/mol. The summed E-state index contributed by atoms with van der Waals surface area (Å²) in [7, 11) is 0. The number of hydrogen-bond acceptors (Lipinski definition) is 5. The summed E-state index contributed by atoms with van der Waals surface area (Å²) in [6, 6.07) is 11.0. The van der Waals surface area contributed by atoms with Crippen molar-refractivity contribution in [3.8, 4) is 0 Å². The van der Waals surface area contributed by atoms with Crippen LogP contribution in [0.15, 0.2) is 47.5 Å². The Hall–Kier alpha value is -2.05. The topological polar surface area (TPSA) is 94.0 Å². The fraction of sp³-hybridized carbons (Fsp3) is 0.0769. The molecule has 0 aliphatic heterocycles. The Balaban J connectivity index is 2.03. The summed E-state index contributed by atoms with van der Waals surface area (Å²) >= 11 is 1.63. The maximum atomic E-state index is 11.4. The van der Waals surface area contributed by atoms with Crippen LogP contribution in [0.5, 0.6) is 0 Å². The number of hydrazine groups is 1. The van der Waals surface area contributed by atoms with E-state index in [1.54, 1.807) is 30.1 Å². The molecule has 1 aromatic heterocycles. The Morgan fingerprint density at radius 2 is 2.16 bits per heavy atom. The van der Waals surface area contributed by atoms with Crippen LogP contribution >= 0.6 is 11.8 Å². The minimum Gasteiger partial charge on any atom is -0.384 e. The highest BCUT2D eigenvalue weighted by Crippen LogP contribution is 2.22. The maximum absolute atomic E-state index is 11.4. The SMILES string of the molecule is NNC(=O)c1cccc(CSc2ccc(N)nc2)c1. The van der Waals surface area contributed by atoms with E-state index in [4.69, 9.17) is 11.6 Å². The molecule has 0 spiro atoms. The predicted octanol–water partition coefficient (Wildman–Crippen LogP) is 1.56. The standard InChI is InChI=1S/C13H14N4OS/c14-12-5-4-11(7-16-12)19-8-9-2-1-3-10(6-9)13(18)17-15/h1-7H,8,15H2,(H2,14,16)(H,17,18). The van der Waals surface area contributed by atoms with Crippen LogP contribution in [-0.2, 0) is 5.75 Å². The van der Waals surface area contributed by atoms with E-state index >= 15 is 0 Å². The number of carbonyl (C=O) groups is 1. The molecule has 5 N–H and O–H groups in total. The molecule has 98 valence electrons. The minimum absolute atomic E-state index is 0.291. The first kappa shape index (κ1) is 13.4. The summed E-state index contributed by atoms with van der Waals surface area (Å²) in [5.74, 6) is 6.07. The Bertz CT molecular complexity index is 571. The molecule has 0 saturated carbocycles. The zero-order valence-corrected chi connectivity index (χ0v) is 11.0. The highest BCUT2D eigenvalue weighted by Gasteiger charge is 2.04. The lowest BCUT2D eigenvalue weighted by atomic mass is 10.1. The molecule has 0 saturated heterocycles. The Labute approximate surface area is 115 Å². The molecule has 2 rings (SSSR count). The van der Waals surface area contributed by atoms with Crippen molar-refractivity contribution >= 4 is 23.5 Å². The van der Waals surface area contributed by atoms with Crippen molar-refractivity contribution in [1.82, 2.24) is 10.4 Å². The Morgan fingerprint density at radius 1 is 1.32 bits per heavy atom. The number of rotatable bonds is 4. The van der Waals surface area contributed by atoms with Crippen LogP contribution in [0.4, 0.5) is 5.82 Å². The van der Waals surface area contributed by atoms with Gasteiger partial charge in [-0.3, -0.25) is 10.2 Å². The summed E-state index contributed by atoms with van der Waals surface area (Å²) in [6.45, 7) is 0. The lowest BCUT2D eigenvalue weighted by molar-refractivity contribution is 0.0953. The lowest BCUT2D eigenvalue weighted by Crippen LogP contribution is -2.29. The number of anilines is 1. The van der Waals surface area contributed by atoms with E-state index in [-0.39, 0.29) is 5.91 Å². The van der Waals surface area contributed by atoms with Gasteiger partial charge in [-0.1, -0.05) is 12.1 Å². The van der Waals surface area contributed by atoms with Crippen LogP contribution in [0.3, 0.4) is 0 Å². The molecule has 1 amide bonds. The third-order valence-corrected chi connectivity index (χ3v) is 3.54. The fourth-order valence-corrected chi connectivity index (χ4v) is 2.33. The van der Waals surface area contributed by atoms with E-state index in [1.165, 1.54) is 0 Å². The molecule has 0 aliphatic rings. The van der Waals surface area contributed by atoms with Crippen molar-refractivity contribution in [2.75, 3.05) is 5.73 Å². The van der Waals surface area contributed by atoms with Crippen LogP contribution in [0.25, 0.3) is 0 Å². The van der Waals surface area contributed by atoms with E-state index in [2.05, 4.69) is 10.4 Å². The van der Waals surface area contributed by atoms with E-state index < -0.39 is 0 Å². The number of thioether (sulfide) groups is 1. The number of benzene rings is 1. The van der Waals surface area contributed by atoms with Crippen molar-refractivity contribution in [3.63, 3.8) is 0 Å². The normalized spacial score (nSPS) is 10.2. The molecular formula is C13H14N4OS. The third kappa shape index (κ3) is 3.70. The van der Waals surface area contributed by atoms with Gasteiger partial charge in [-0.15, -0.1) is 11.8 Å². The van der Waals surface area contributed by atoms with Gasteiger partial charge in [0.15, 0.2) is 0 Å². The summed E-state index contributed by atoms with van der Waals surface area (Å²) in [6.07, 6.45) is 1.73. The summed E-state index contributed by atoms with van der Waals surface area (Å²) < 4.78 is 0. The van der Waals surface area contributed by atoms with Gasteiger partial charge < -0.3 is 5.73 Å². The molecule has 0 bridgehead atoms. The number of pyridine rings is 1. The van der Waals surface area contributed by atoms with Gasteiger partial charge >= 0.3 is 0 Å². The van der Waals surface area contributed by atoms with Crippen LogP contribution in [0, 0.1) is 0 Å². The minimum atomic E-state index is -0.291. The number of nitrogens with two attached hydrogens (primary N) is 2. The molecule has 1 aromatic carbocycles. The Kier molecular flexibility index (Phi) is 4.38. The van der Waals surface area contributed by atoms with E-state index in [9.17, 15) is 4.79 Å². The van der Waals surface area contributed by atoms with Gasteiger partial charge in [-0.25, -0.2) is 10.8 Å². The smallest absolute Gasteiger partial charge is 0.265 e. The maximum Gasteiger partial charge on any atom is 0.265 e. The molecule has 5 nitrogen and oxygen atoms in total. The molecule has 0 unspecified atom stereocenters. The molecule has 0 radical (unpaired) electrons. The molecule has 0 atom stereocenters. The summed E-state index contributed by atoms with van der Waals surface area (Å²) in [5.41, 5.74) is 9.24. The van der Waals surface area contributed by atoms with Gasteiger partial charge in [-0.2, -0.15) is 0 Å². The average molecular weight is 274 g/mol. The van der Waals surface area contributed by atoms with Crippen LogP contribution in [0.1, 0.15) is 15.9 Å². The zero-order chi connectivity index (χ0) is 13.7. The van der Waals surface area contributed by atoms with Crippen LogP contribution < -0.4 is 17.0 Å². The first-order valence-corrected chi connectivity index (χ1v) is 6.62. The van der Waals surface area contributed by atoms with E-state index in [0.29, 0.717) is 11.4 Å². The largest absolute Gasteiger partial charge is 0.384 e. The molecule has 0 aliphatic carbocycles. The predicted molar refractivity (Wildman–Crippen MR) is 76.3 cm³/mol. The molecule has 2 aromatic rings. The van der Waals surface area contributed by atoms with Crippen molar-refractivity contribution in [1.29, 1.82) is 0 Å². The number of hydrogen-bond donors (Lipinski definition) is 3. The van der Waals surface area contributed by atoms with Gasteiger partial charge in [0.2, 0.25) is 0 Å². The van der Waals surface area contributed by atoms with Crippen molar-refractivity contribution in [3.05, 3.63) is 53.7 Å². The second-order valence-electron chi connectivity index (χ2n) is 3.88. The number of nitrogen functional groups attached to an aromatic ring is 2. The van der Waals surface area contributed by atoms with Crippen LogP contribution in [0.2, 0.25) is 0 Å². The van der Waals surface area contributed by atoms with E-state index in [0.717, 1.165) is 16.2 Å². The lowest BCUT2D eigenvalue weighted by Gasteiger charge is -2.04. The van der Waals surface area contributed by atoms with Gasteiger partial charge in [-0.05, 0) is 29.8 Å². The number of amides is 1. The average Bonchev–Trinajstić information content (AvgIpc) is 2.46. The van der Waals surface area contributed by atoms with Gasteiger partial charge in [0, 0.05) is 22.4 Å². The van der Waals surface area contributed by atoms with Gasteiger partial charge in [0.1, 0.15) is 5.82 Å². The first-order valence-electron chi connectivity index (χ1n) is 5.63. The molecule has 6 heteroatoms. The molecule has 0 fully saturated rings. The van der Waals surface area contributed by atoms with Crippen molar-refractivity contribution < 1.29 is 4.79 Å². The number of carbonyl (C=O) groups excluding carboxylic acids is 1. The van der Waals surface area contributed by atoms with Gasteiger partial charge in [0.25, 0.3) is 5.91 Å². The van der Waals surface area contributed by atoms with Gasteiger partial charge in [0.05, 0.1) is 0 Å². The second kappa shape index (κ2) is 6.21. The van der Waals surface area contributed by atoms with Crippen molar-refractivity contribution in [2.24, 2.45) is 5.84 Å². The number of aromatic nitrogens is 1. The summed E-state index contributed by atoms with van der Waals surface area (Å²) in [4.78, 5) is 16.5. The first-order chi connectivity index (χ1) is 9.19. The summed E-state index contributed by atoms with van der Waals surface area (Å²) in [5, 5.41) is 0. The Morgan fingerprint density at radius 3 is 2.84 bits per heavy atom. The fourth-order valence-electron chi connectivity index (χ4n) is 1.53. The molecule has 19 heavy (non-hydrogen) atoms. The van der Waals surface area contributed by atoms with Crippen LogP contribution in [-0.4, -0.2) is 10.9 Å². The number of nitrogens with one attached hydrogen (secondary N) is 1. The quantitative estimate of drug-likeness (QED) is 0.340. The highest BCUT2D eigenvalue weighted by atomic mass is 32.2.